The van der Waals surface area contributed by atoms with E-state index < -0.39 is 11.6 Å². The number of fused-ring (bicyclic) bond motifs is 1. The number of hydrogen-bond acceptors (Lipinski definition) is 9. The molecule has 0 aliphatic carbocycles. The molecule has 1 aromatic heterocycles. The fourth-order valence-electron chi connectivity index (χ4n) is 8.07. The quantitative estimate of drug-likeness (QED) is 0.365. The largest absolute Gasteiger partial charge is 0.378 e. The van der Waals surface area contributed by atoms with Crippen LogP contribution in [0.2, 0.25) is 0 Å². The lowest BCUT2D eigenvalue weighted by molar-refractivity contribution is -0.136. The van der Waals surface area contributed by atoms with Crippen LogP contribution in [-0.2, 0) is 29.7 Å². The minimum Gasteiger partial charge on any atom is -0.378 e. The molecule has 4 aliphatic heterocycles. The van der Waals surface area contributed by atoms with Crippen LogP contribution in [-0.4, -0.2) is 87.5 Å². The molecule has 0 bridgehead atoms. The Morgan fingerprint density at radius 2 is 1.71 bits per heavy atom. The fraction of sp³-hybridized carbons (Fsp3) is 0.459. The molecular formula is C37H42N8O4. The van der Waals surface area contributed by atoms with Gasteiger partial charge >= 0.3 is 0 Å². The third-order valence-electron chi connectivity index (χ3n) is 10.7. The second-order valence-corrected chi connectivity index (χ2v) is 14.1. The van der Waals surface area contributed by atoms with Crippen molar-refractivity contribution in [3.05, 3.63) is 92.4 Å². The van der Waals surface area contributed by atoms with Crippen molar-refractivity contribution < 1.29 is 14.4 Å². The van der Waals surface area contributed by atoms with Gasteiger partial charge in [-0.15, -0.1) is 0 Å². The number of hydrogen-bond donors (Lipinski definition) is 2. The van der Waals surface area contributed by atoms with Gasteiger partial charge in [-0.3, -0.25) is 29.4 Å². The van der Waals surface area contributed by atoms with Gasteiger partial charge in [0.1, 0.15) is 17.7 Å². The summed E-state index contributed by atoms with van der Waals surface area (Å²) in [5.41, 5.74) is 5.65. The van der Waals surface area contributed by atoms with E-state index in [0.29, 0.717) is 36.1 Å². The molecule has 3 saturated heterocycles. The van der Waals surface area contributed by atoms with Crippen LogP contribution in [0.5, 0.6) is 0 Å². The molecule has 254 valence electrons. The zero-order chi connectivity index (χ0) is 34.2. The number of aromatic nitrogens is 2. The Bertz CT molecular complexity index is 1870. The molecule has 2 aromatic carbocycles. The molecule has 12 heteroatoms. The predicted octanol–water partition coefficient (Wildman–Crippen LogP) is 2.69. The average molecular weight is 663 g/mol. The summed E-state index contributed by atoms with van der Waals surface area (Å²) < 4.78 is 1.18. The summed E-state index contributed by atoms with van der Waals surface area (Å²) in [6, 6.07) is 16.6. The highest BCUT2D eigenvalue weighted by atomic mass is 16.2. The molecular weight excluding hydrogens is 620 g/mol. The molecule has 3 fully saturated rings. The molecule has 49 heavy (non-hydrogen) atoms. The van der Waals surface area contributed by atoms with Gasteiger partial charge in [-0.25, -0.2) is 4.68 Å². The maximum atomic E-state index is 13.1. The first kappa shape index (κ1) is 32.7. The van der Waals surface area contributed by atoms with Gasteiger partial charge < -0.3 is 15.1 Å². The van der Waals surface area contributed by atoms with Crippen LogP contribution in [0.15, 0.2) is 53.5 Å². The summed E-state index contributed by atoms with van der Waals surface area (Å²) in [6.07, 6.45) is 5.17. The molecule has 0 radical (unpaired) electrons. The molecule has 5 heterocycles. The van der Waals surface area contributed by atoms with Crippen LogP contribution in [0.25, 0.3) is 0 Å². The second-order valence-electron chi connectivity index (χ2n) is 14.1. The standard InChI is InChI=1S/C37H42N8O4/c1-42-20-27(16-29(22-42)40-32-18-39-43(2)36(48)31(32)17-38)24-5-3-23(4-6-24)19-44-13-11-25(12-14-44)26-7-8-30-28(15-26)21-45(37(30)49)33-9-10-34(46)41-35(33)47/h3-8,15,18,25,27,29,33,40H,9-14,16,19-22H2,1-2H3,(H,41,46,47). The number of aryl methyl sites for hydroxylation is 1. The van der Waals surface area contributed by atoms with Crippen molar-refractivity contribution in [2.45, 2.75) is 69.1 Å². The number of nitrogens with zero attached hydrogens (tertiary/aromatic N) is 6. The fourth-order valence-corrected chi connectivity index (χ4v) is 8.07. The van der Waals surface area contributed by atoms with Crippen molar-refractivity contribution in [1.29, 1.82) is 5.26 Å². The minimum absolute atomic E-state index is 0.0844. The van der Waals surface area contributed by atoms with Crippen LogP contribution < -0.4 is 16.2 Å². The monoisotopic (exact) mass is 662 g/mol. The minimum atomic E-state index is -0.592. The summed E-state index contributed by atoms with van der Waals surface area (Å²) in [5.74, 6) is -0.0375. The number of amides is 3. The molecule has 3 atom stereocenters. The summed E-state index contributed by atoms with van der Waals surface area (Å²) in [7, 11) is 3.65. The van der Waals surface area contributed by atoms with Crippen molar-refractivity contribution in [3.8, 4) is 6.07 Å². The first-order chi connectivity index (χ1) is 23.7. The summed E-state index contributed by atoms with van der Waals surface area (Å²) in [6.45, 7) is 5.05. The Balaban J connectivity index is 0.926. The average Bonchev–Trinajstić information content (AvgIpc) is 3.42. The highest BCUT2D eigenvalue weighted by Gasteiger charge is 2.39. The molecule has 12 nitrogen and oxygen atoms in total. The second kappa shape index (κ2) is 13.6. The Labute approximate surface area is 285 Å². The van der Waals surface area contributed by atoms with E-state index in [2.05, 4.69) is 69.0 Å². The maximum absolute atomic E-state index is 13.1. The number of nitriles is 1. The zero-order valence-corrected chi connectivity index (χ0v) is 28.0. The summed E-state index contributed by atoms with van der Waals surface area (Å²) in [5, 5.41) is 19.5. The summed E-state index contributed by atoms with van der Waals surface area (Å²) >= 11 is 0. The predicted molar refractivity (Wildman–Crippen MR) is 183 cm³/mol. The molecule has 2 N–H and O–H groups in total. The lowest BCUT2D eigenvalue weighted by Crippen LogP contribution is -2.52. The molecule has 3 unspecified atom stereocenters. The number of anilines is 1. The van der Waals surface area contributed by atoms with Gasteiger partial charge in [0.25, 0.3) is 11.5 Å². The Kier molecular flexibility index (Phi) is 9.05. The topological polar surface area (TPSA) is 144 Å². The van der Waals surface area contributed by atoms with Gasteiger partial charge in [0.15, 0.2) is 0 Å². The summed E-state index contributed by atoms with van der Waals surface area (Å²) in [4.78, 5) is 55.9. The van der Waals surface area contributed by atoms with Crippen LogP contribution in [0, 0.1) is 11.3 Å². The number of rotatable bonds is 7. The van der Waals surface area contributed by atoms with Gasteiger partial charge in [-0.05, 0) is 86.0 Å². The van der Waals surface area contributed by atoms with E-state index in [9.17, 15) is 24.4 Å². The van der Waals surface area contributed by atoms with E-state index in [-0.39, 0.29) is 35.7 Å². The Morgan fingerprint density at radius 1 is 0.959 bits per heavy atom. The SMILES string of the molecule is CN1CC(Nc2cnn(C)c(=O)c2C#N)CC(c2ccc(CN3CCC(c4ccc5c(c4)CN(C4CCC(=O)NC4=O)C5=O)CC3)cc2)C1. The first-order valence-corrected chi connectivity index (χ1v) is 17.2. The molecule has 3 aromatic rings. The van der Waals surface area contributed by atoms with E-state index >= 15 is 0 Å². The number of likely N-dealkylation sites (N-methyl/N-ethyl adjacent to an activating group) is 1. The van der Waals surface area contributed by atoms with Crippen LogP contribution in [0.1, 0.15) is 82.1 Å². The van der Waals surface area contributed by atoms with Gasteiger partial charge in [0, 0.05) is 51.3 Å². The van der Waals surface area contributed by atoms with Gasteiger partial charge in [-0.2, -0.15) is 10.4 Å². The number of carbonyl (C=O) groups is 3. The van der Waals surface area contributed by atoms with Gasteiger partial charge in [0.05, 0.1) is 11.9 Å². The van der Waals surface area contributed by atoms with E-state index in [4.69, 9.17) is 0 Å². The molecule has 4 aliphatic rings. The van der Waals surface area contributed by atoms with E-state index in [1.54, 1.807) is 18.1 Å². The van der Waals surface area contributed by atoms with Gasteiger partial charge in [0.2, 0.25) is 11.8 Å². The van der Waals surface area contributed by atoms with E-state index in [0.717, 1.165) is 57.5 Å². The van der Waals surface area contributed by atoms with Gasteiger partial charge in [-0.1, -0.05) is 36.4 Å². The van der Waals surface area contributed by atoms with E-state index in [1.807, 2.05) is 12.1 Å². The Hall–Kier alpha value is -4.86. The third-order valence-corrected chi connectivity index (χ3v) is 10.7. The van der Waals surface area contributed by atoms with E-state index in [1.165, 1.54) is 21.4 Å². The van der Waals surface area contributed by atoms with Crippen molar-refractivity contribution in [2.75, 3.05) is 38.5 Å². The van der Waals surface area contributed by atoms with Crippen LogP contribution in [0.3, 0.4) is 0 Å². The number of likely N-dealkylation sites (tertiary alicyclic amines) is 2. The number of benzene rings is 2. The van der Waals surface area contributed by atoms with Crippen molar-refractivity contribution in [3.63, 3.8) is 0 Å². The molecule has 7 rings (SSSR count). The van der Waals surface area contributed by atoms with Crippen molar-refractivity contribution in [2.24, 2.45) is 7.05 Å². The van der Waals surface area contributed by atoms with Crippen LogP contribution >= 0.6 is 0 Å². The normalized spacial score (nSPS) is 23.7. The molecule has 0 spiro atoms. The Morgan fingerprint density at radius 3 is 2.45 bits per heavy atom. The number of piperidine rings is 3. The van der Waals surface area contributed by atoms with Crippen molar-refractivity contribution in [1.82, 2.24) is 29.8 Å². The lowest BCUT2D eigenvalue weighted by atomic mass is 9.87. The lowest BCUT2D eigenvalue weighted by Gasteiger charge is -2.37. The number of imide groups is 1. The highest BCUT2D eigenvalue weighted by molar-refractivity contribution is 6.05. The van der Waals surface area contributed by atoms with Crippen LogP contribution in [0.4, 0.5) is 5.69 Å². The maximum Gasteiger partial charge on any atom is 0.286 e. The first-order valence-electron chi connectivity index (χ1n) is 17.2. The smallest absolute Gasteiger partial charge is 0.286 e. The third kappa shape index (κ3) is 6.73. The number of nitrogens with one attached hydrogen (secondary N) is 2. The zero-order valence-electron chi connectivity index (χ0n) is 28.0. The molecule has 0 saturated carbocycles. The highest BCUT2D eigenvalue weighted by Crippen LogP contribution is 2.34. The van der Waals surface area contributed by atoms with Crippen molar-refractivity contribution >= 4 is 23.4 Å². The molecule has 3 amide bonds. The number of carbonyl (C=O) groups excluding carboxylic acids is 3.